The van der Waals surface area contributed by atoms with Crippen LogP contribution in [0.1, 0.15) is 12.8 Å². The van der Waals surface area contributed by atoms with Crippen LogP contribution in [0.3, 0.4) is 0 Å². The zero-order valence-corrected chi connectivity index (χ0v) is 14.8. The molecule has 0 bridgehead atoms. The lowest BCUT2D eigenvalue weighted by molar-refractivity contribution is 0.327. The summed E-state index contributed by atoms with van der Waals surface area (Å²) >= 11 is 3.40. The Morgan fingerprint density at radius 2 is 2.26 bits per heavy atom. The first-order valence-corrected chi connectivity index (χ1v) is 6.87. The number of ether oxygens (including phenoxy) is 1. The molecular formula is C13H19BrIN3O. The van der Waals surface area contributed by atoms with E-state index in [1.807, 2.05) is 36.2 Å². The fourth-order valence-corrected chi connectivity index (χ4v) is 2.02. The highest BCUT2D eigenvalue weighted by Crippen LogP contribution is 2.24. The molecule has 6 heteroatoms. The molecule has 0 spiro atoms. The Balaban J connectivity index is 0.00000180. The van der Waals surface area contributed by atoms with Crippen LogP contribution in [0.2, 0.25) is 0 Å². The van der Waals surface area contributed by atoms with Crippen molar-refractivity contribution >= 4 is 45.9 Å². The summed E-state index contributed by atoms with van der Waals surface area (Å²) in [4.78, 5) is 6.35. The third-order valence-corrected chi connectivity index (χ3v) is 3.38. The summed E-state index contributed by atoms with van der Waals surface area (Å²) < 4.78 is 6.59. The Morgan fingerprint density at radius 3 is 2.89 bits per heavy atom. The molecule has 0 atom stereocenters. The van der Waals surface area contributed by atoms with Crippen LogP contribution >= 0.6 is 39.9 Å². The number of nitrogens with two attached hydrogens (primary N) is 1. The quantitative estimate of drug-likeness (QED) is 0.332. The predicted octanol–water partition coefficient (Wildman–Crippen LogP) is 2.85. The molecule has 1 aliphatic rings. The van der Waals surface area contributed by atoms with Crippen molar-refractivity contribution in [1.29, 1.82) is 0 Å². The molecule has 0 unspecified atom stereocenters. The van der Waals surface area contributed by atoms with Gasteiger partial charge in [-0.3, -0.25) is 0 Å². The number of hydrogen-bond donors (Lipinski definition) is 1. The zero-order chi connectivity index (χ0) is 13.0. The van der Waals surface area contributed by atoms with Gasteiger partial charge in [0.05, 0.1) is 6.54 Å². The van der Waals surface area contributed by atoms with Crippen molar-refractivity contribution in [3.8, 4) is 5.75 Å². The Labute approximate surface area is 139 Å². The van der Waals surface area contributed by atoms with Crippen LogP contribution in [-0.2, 0) is 0 Å². The van der Waals surface area contributed by atoms with Gasteiger partial charge in [0.2, 0.25) is 0 Å². The van der Waals surface area contributed by atoms with E-state index >= 15 is 0 Å². The Kier molecular flexibility index (Phi) is 6.92. The number of nitrogens with zero attached hydrogens (tertiary/aromatic N) is 2. The van der Waals surface area contributed by atoms with Crippen molar-refractivity contribution in [2.45, 2.75) is 18.9 Å². The van der Waals surface area contributed by atoms with Gasteiger partial charge in [-0.05, 0) is 31.0 Å². The Bertz CT molecular complexity index is 438. The van der Waals surface area contributed by atoms with Crippen LogP contribution < -0.4 is 10.5 Å². The van der Waals surface area contributed by atoms with Crippen LogP contribution in [0, 0.1) is 0 Å². The molecule has 0 aliphatic heterocycles. The summed E-state index contributed by atoms with van der Waals surface area (Å²) in [5.41, 5.74) is 5.87. The van der Waals surface area contributed by atoms with E-state index in [-0.39, 0.29) is 24.0 Å². The minimum Gasteiger partial charge on any atom is -0.492 e. The number of aliphatic imine (C=N–C) groups is 1. The third-order valence-electron chi connectivity index (χ3n) is 2.89. The van der Waals surface area contributed by atoms with E-state index in [9.17, 15) is 0 Å². The average Bonchev–Trinajstić information content (AvgIpc) is 3.17. The topological polar surface area (TPSA) is 50.8 Å². The smallest absolute Gasteiger partial charge is 0.191 e. The van der Waals surface area contributed by atoms with Crippen LogP contribution in [-0.4, -0.2) is 37.1 Å². The summed E-state index contributed by atoms with van der Waals surface area (Å²) in [6.07, 6.45) is 2.45. The van der Waals surface area contributed by atoms with E-state index < -0.39 is 0 Å². The number of hydrogen-bond acceptors (Lipinski definition) is 2. The van der Waals surface area contributed by atoms with Gasteiger partial charge in [0.1, 0.15) is 12.4 Å². The largest absolute Gasteiger partial charge is 0.492 e. The highest BCUT2D eigenvalue weighted by Gasteiger charge is 2.27. The molecular weight excluding hydrogens is 421 g/mol. The lowest BCUT2D eigenvalue weighted by Gasteiger charge is -2.16. The predicted molar refractivity (Wildman–Crippen MR) is 92.3 cm³/mol. The highest BCUT2D eigenvalue weighted by atomic mass is 127. The average molecular weight is 440 g/mol. The van der Waals surface area contributed by atoms with E-state index in [1.165, 1.54) is 12.8 Å². The summed E-state index contributed by atoms with van der Waals surface area (Å²) in [5.74, 6) is 1.45. The van der Waals surface area contributed by atoms with Crippen molar-refractivity contribution < 1.29 is 4.74 Å². The van der Waals surface area contributed by atoms with E-state index in [1.54, 1.807) is 0 Å². The molecule has 0 amide bonds. The van der Waals surface area contributed by atoms with Gasteiger partial charge in [-0.2, -0.15) is 0 Å². The van der Waals surface area contributed by atoms with E-state index in [4.69, 9.17) is 10.5 Å². The molecule has 2 N–H and O–H groups in total. The van der Waals surface area contributed by atoms with Crippen molar-refractivity contribution in [3.05, 3.63) is 28.7 Å². The highest BCUT2D eigenvalue weighted by molar-refractivity contribution is 14.0. The molecule has 0 aromatic heterocycles. The molecule has 1 aromatic rings. The molecule has 106 valence electrons. The number of rotatable bonds is 5. The van der Waals surface area contributed by atoms with Crippen molar-refractivity contribution in [2.75, 3.05) is 20.2 Å². The standard InChI is InChI=1S/C13H18BrN3O.HI/c1-17(11-5-6-11)13(15)16-7-8-18-12-4-2-3-10(14)9-12;/h2-4,9,11H,5-8H2,1H3,(H2,15,16);1H. The van der Waals surface area contributed by atoms with Gasteiger partial charge in [-0.15, -0.1) is 24.0 Å². The first-order chi connectivity index (χ1) is 8.66. The molecule has 19 heavy (non-hydrogen) atoms. The second-order valence-electron chi connectivity index (χ2n) is 4.39. The van der Waals surface area contributed by atoms with Crippen molar-refractivity contribution in [2.24, 2.45) is 10.7 Å². The normalized spacial score (nSPS) is 14.7. The molecule has 0 radical (unpaired) electrons. The molecule has 2 rings (SSSR count). The minimum atomic E-state index is 0. The Hall–Kier alpha value is -0.500. The summed E-state index contributed by atoms with van der Waals surface area (Å²) in [7, 11) is 1.99. The van der Waals surface area contributed by atoms with Crippen LogP contribution in [0.4, 0.5) is 0 Å². The fourth-order valence-electron chi connectivity index (χ4n) is 1.64. The molecule has 1 fully saturated rings. The van der Waals surface area contributed by atoms with Crippen LogP contribution in [0.25, 0.3) is 0 Å². The monoisotopic (exact) mass is 439 g/mol. The number of guanidine groups is 1. The number of halogens is 2. The second-order valence-corrected chi connectivity index (χ2v) is 5.30. The first kappa shape index (κ1) is 16.6. The van der Waals surface area contributed by atoms with Gasteiger partial charge in [0.25, 0.3) is 0 Å². The molecule has 1 aliphatic carbocycles. The SMILES string of the molecule is CN(C(N)=NCCOc1cccc(Br)c1)C1CC1.I. The maximum atomic E-state index is 5.87. The molecule has 0 heterocycles. The van der Waals surface area contributed by atoms with Gasteiger partial charge in [0.15, 0.2) is 5.96 Å². The van der Waals surface area contributed by atoms with Gasteiger partial charge in [-0.1, -0.05) is 22.0 Å². The van der Waals surface area contributed by atoms with Gasteiger partial charge < -0.3 is 15.4 Å². The molecule has 0 saturated heterocycles. The van der Waals surface area contributed by atoms with Crippen LogP contribution in [0.15, 0.2) is 33.7 Å². The maximum absolute atomic E-state index is 5.87. The van der Waals surface area contributed by atoms with Gasteiger partial charge in [0, 0.05) is 17.6 Å². The summed E-state index contributed by atoms with van der Waals surface area (Å²) in [6, 6.07) is 8.36. The summed E-state index contributed by atoms with van der Waals surface area (Å²) in [5, 5.41) is 0. The number of benzene rings is 1. The zero-order valence-electron chi connectivity index (χ0n) is 10.9. The molecule has 1 aromatic carbocycles. The molecule has 4 nitrogen and oxygen atoms in total. The summed E-state index contributed by atoms with van der Waals surface area (Å²) in [6.45, 7) is 1.12. The second kappa shape index (κ2) is 7.94. The van der Waals surface area contributed by atoms with E-state index in [0.29, 0.717) is 25.2 Å². The first-order valence-electron chi connectivity index (χ1n) is 6.08. The molecule has 1 saturated carbocycles. The minimum absolute atomic E-state index is 0. The van der Waals surface area contributed by atoms with Crippen molar-refractivity contribution in [3.63, 3.8) is 0 Å². The third kappa shape index (κ3) is 5.56. The fraction of sp³-hybridized carbons (Fsp3) is 0.462. The van der Waals surface area contributed by atoms with E-state index in [2.05, 4.69) is 20.9 Å². The van der Waals surface area contributed by atoms with Gasteiger partial charge >= 0.3 is 0 Å². The lowest BCUT2D eigenvalue weighted by atomic mass is 10.3. The Morgan fingerprint density at radius 1 is 1.53 bits per heavy atom. The van der Waals surface area contributed by atoms with E-state index in [0.717, 1.165) is 10.2 Å². The van der Waals surface area contributed by atoms with Crippen LogP contribution in [0.5, 0.6) is 5.75 Å². The van der Waals surface area contributed by atoms with Gasteiger partial charge in [-0.25, -0.2) is 4.99 Å². The maximum Gasteiger partial charge on any atom is 0.191 e. The van der Waals surface area contributed by atoms with Crippen molar-refractivity contribution in [1.82, 2.24) is 4.90 Å². The lowest BCUT2D eigenvalue weighted by Crippen LogP contribution is -2.36.